The van der Waals surface area contributed by atoms with Crippen molar-refractivity contribution >= 4 is 58.0 Å². The molecule has 0 atom stereocenters. The summed E-state index contributed by atoms with van der Waals surface area (Å²) in [6.07, 6.45) is 1.50. The smallest absolute Gasteiger partial charge is 0.182 e. The van der Waals surface area contributed by atoms with Crippen LogP contribution in [0.25, 0.3) is 0 Å². The fourth-order valence-electron chi connectivity index (χ4n) is 2.32. The van der Waals surface area contributed by atoms with Crippen LogP contribution in [0, 0.1) is 0 Å². The average molecular weight is 361 g/mol. The standard InChI is InChI=1S/C14H5Cl4NO2/c15-9-7-8(10(16)12(18)11(9)17)14(21)6(13(7)20)5-3-1-2-4-19-5/h1-4,6H. The first kappa shape index (κ1) is 14.8. The monoisotopic (exact) mass is 359 g/mol. The van der Waals surface area contributed by atoms with Crippen LogP contribution in [0.1, 0.15) is 32.3 Å². The van der Waals surface area contributed by atoms with Crippen LogP contribution < -0.4 is 0 Å². The molecule has 1 aliphatic carbocycles. The van der Waals surface area contributed by atoms with Crippen molar-refractivity contribution in [1.82, 2.24) is 4.98 Å². The number of benzene rings is 1. The summed E-state index contributed by atoms with van der Waals surface area (Å²) in [6, 6.07) is 4.97. The third kappa shape index (κ3) is 2.08. The second-order valence-corrected chi connectivity index (χ2v) is 5.93. The van der Waals surface area contributed by atoms with E-state index in [0.717, 1.165) is 0 Å². The maximum atomic E-state index is 12.5. The number of carbonyl (C=O) groups is 2. The summed E-state index contributed by atoms with van der Waals surface area (Å²) >= 11 is 24.0. The Balaban J connectivity index is 2.27. The maximum absolute atomic E-state index is 12.5. The molecule has 3 rings (SSSR count). The van der Waals surface area contributed by atoms with Crippen LogP contribution in [0.3, 0.4) is 0 Å². The summed E-state index contributed by atoms with van der Waals surface area (Å²) < 4.78 is 0. The minimum Gasteiger partial charge on any atom is -0.293 e. The highest BCUT2D eigenvalue weighted by molar-refractivity contribution is 6.55. The van der Waals surface area contributed by atoms with Crippen LogP contribution >= 0.6 is 46.4 Å². The molecule has 0 saturated carbocycles. The number of fused-ring (bicyclic) bond motifs is 1. The minimum absolute atomic E-state index is 0.0109. The number of pyridine rings is 1. The van der Waals surface area contributed by atoms with Crippen LogP contribution in [0.2, 0.25) is 20.1 Å². The Labute approximate surface area is 139 Å². The Morgan fingerprint density at radius 1 is 0.810 bits per heavy atom. The molecule has 3 nitrogen and oxygen atoms in total. The Kier molecular flexibility index (Phi) is 3.70. The Morgan fingerprint density at radius 3 is 1.76 bits per heavy atom. The van der Waals surface area contributed by atoms with Gasteiger partial charge in [0.25, 0.3) is 0 Å². The van der Waals surface area contributed by atoms with Gasteiger partial charge in [-0.1, -0.05) is 52.5 Å². The highest BCUT2D eigenvalue weighted by Gasteiger charge is 2.44. The molecule has 0 radical (unpaired) electrons. The van der Waals surface area contributed by atoms with E-state index in [1.54, 1.807) is 18.2 Å². The fraction of sp³-hybridized carbons (Fsp3) is 0.0714. The molecule has 2 aromatic rings. The molecule has 1 aromatic heterocycles. The van der Waals surface area contributed by atoms with Crippen LogP contribution in [0.4, 0.5) is 0 Å². The predicted octanol–water partition coefficient (Wildman–Crippen LogP) is 4.86. The lowest BCUT2D eigenvalue weighted by molar-refractivity contribution is 0.0888. The zero-order valence-corrected chi connectivity index (χ0v) is 13.2. The van der Waals surface area contributed by atoms with Gasteiger partial charge in [-0.3, -0.25) is 14.6 Å². The number of halogens is 4. The van der Waals surface area contributed by atoms with Gasteiger partial charge in [0.05, 0.1) is 36.9 Å². The third-order valence-electron chi connectivity index (χ3n) is 3.27. The molecule has 0 fully saturated rings. The van der Waals surface area contributed by atoms with Crippen molar-refractivity contribution in [3.8, 4) is 0 Å². The van der Waals surface area contributed by atoms with E-state index in [1.807, 2.05) is 0 Å². The summed E-state index contributed by atoms with van der Waals surface area (Å²) in [5, 5.41) is -0.189. The number of aromatic nitrogens is 1. The van der Waals surface area contributed by atoms with Crippen LogP contribution in [0.15, 0.2) is 24.4 Å². The first-order valence-electron chi connectivity index (χ1n) is 5.80. The van der Waals surface area contributed by atoms with Crippen molar-refractivity contribution in [2.45, 2.75) is 5.92 Å². The molecule has 0 bridgehead atoms. The number of hydrogen-bond donors (Lipinski definition) is 0. The van der Waals surface area contributed by atoms with Crippen LogP contribution in [0.5, 0.6) is 0 Å². The topological polar surface area (TPSA) is 47.0 Å². The third-order valence-corrected chi connectivity index (χ3v) is 5.07. The fourth-order valence-corrected chi connectivity index (χ4v) is 3.36. The van der Waals surface area contributed by atoms with Gasteiger partial charge in [-0.25, -0.2) is 0 Å². The van der Waals surface area contributed by atoms with Gasteiger partial charge in [-0.05, 0) is 12.1 Å². The number of nitrogens with zero attached hydrogens (tertiary/aromatic N) is 1. The van der Waals surface area contributed by atoms with Gasteiger partial charge in [0, 0.05) is 6.20 Å². The van der Waals surface area contributed by atoms with E-state index in [0.29, 0.717) is 5.69 Å². The summed E-state index contributed by atoms with van der Waals surface area (Å²) in [4.78, 5) is 29.1. The summed E-state index contributed by atoms with van der Waals surface area (Å²) in [5.74, 6) is -2.01. The van der Waals surface area contributed by atoms with E-state index < -0.39 is 17.5 Å². The summed E-state index contributed by atoms with van der Waals surface area (Å²) in [5.41, 5.74) is 0.358. The Morgan fingerprint density at radius 2 is 1.33 bits per heavy atom. The predicted molar refractivity (Wildman–Crippen MR) is 82.1 cm³/mol. The highest BCUT2D eigenvalue weighted by atomic mass is 35.5. The van der Waals surface area contributed by atoms with Gasteiger partial charge < -0.3 is 0 Å². The summed E-state index contributed by atoms with van der Waals surface area (Å²) in [7, 11) is 0. The van der Waals surface area contributed by atoms with Crippen LogP contribution in [-0.2, 0) is 0 Å². The molecule has 7 heteroatoms. The van der Waals surface area contributed by atoms with Crippen molar-refractivity contribution in [3.05, 3.63) is 61.3 Å². The Bertz CT molecular complexity index is 743. The summed E-state index contributed by atoms with van der Waals surface area (Å²) in [6.45, 7) is 0. The van der Waals surface area contributed by atoms with E-state index in [2.05, 4.69) is 4.98 Å². The molecule has 1 aliphatic rings. The lowest BCUT2D eigenvalue weighted by Crippen LogP contribution is -2.14. The van der Waals surface area contributed by atoms with Crippen molar-refractivity contribution in [3.63, 3.8) is 0 Å². The molecule has 0 N–H and O–H groups in total. The van der Waals surface area contributed by atoms with Crippen molar-refractivity contribution in [1.29, 1.82) is 0 Å². The van der Waals surface area contributed by atoms with Gasteiger partial charge in [0.2, 0.25) is 0 Å². The largest absolute Gasteiger partial charge is 0.293 e. The van der Waals surface area contributed by atoms with E-state index in [9.17, 15) is 9.59 Å². The molecular weight excluding hydrogens is 356 g/mol. The molecule has 0 amide bonds. The van der Waals surface area contributed by atoms with Crippen molar-refractivity contribution in [2.75, 3.05) is 0 Å². The van der Waals surface area contributed by atoms with Crippen molar-refractivity contribution < 1.29 is 9.59 Å². The number of Topliss-reactive ketones (excluding diaryl/α,β-unsaturated/α-hetero) is 2. The SMILES string of the molecule is O=C1c2c(Cl)c(Cl)c(Cl)c(Cl)c2C(=O)C1c1ccccn1. The number of carbonyl (C=O) groups excluding carboxylic acids is 2. The van der Waals surface area contributed by atoms with Gasteiger partial charge >= 0.3 is 0 Å². The molecule has 21 heavy (non-hydrogen) atoms. The molecule has 0 spiro atoms. The molecular formula is C14H5Cl4NO2. The molecule has 0 saturated heterocycles. The quantitative estimate of drug-likeness (QED) is 0.414. The maximum Gasteiger partial charge on any atom is 0.182 e. The zero-order chi connectivity index (χ0) is 15.3. The highest BCUT2D eigenvalue weighted by Crippen LogP contribution is 2.47. The number of ketones is 2. The minimum atomic E-state index is -1.06. The average Bonchev–Trinajstić information content (AvgIpc) is 2.75. The van der Waals surface area contributed by atoms with E-state index in [4.69, 9.17) is 46.4 Å². The van der Waals surface area contributed by atoms with Crippen LogP contribution in [-0.4, -0.2) is 16.6 Å². The van der Waals surface area contributed by atoms with Gasteiger partial charge in [0.1, 0.15) is 5.92 Å². The number of hydrogen-bond acceptors (Lipinski definition) is 3. The van der Waals surface area contributed by atoms with E-state index >= 15 is 0 Å². The lowest BCUT2D eigenvalue weighted by atomic mass is 9.99. The second-order valence-electron chi connectivity index (χ2n) is 4.42. The molecule has 1 heterocycles. The molecule has 1 aromatic carbocycles. The molecule has 0 unspecified atom stereocenters. The van der Waals surface area contributed by atoms with Crippen molar-refractivity contribution in [2.24, 2.45) is 0 Å². The molecule has 0 aliphatic heterocycles. The first-order valence-corrected chi connectivity index (χ1v) is 7.31. The Hall–Kier alpha value is -1.13. The first-order chi connectivity index (χ1) is 9.95. The molecule has 106 valence electrons. The zero-order valence-electron chi connectivity index (χ0n) is 10.2. The van der Waals surface area contributed by atoms with E-state index in [1.165, 1.54) is 6.20 Å². The van der Waals surface area contributed by atoms with Gasteiger partial charge in [0.15, 0.2) is 11.6 Å². The van der Waals surface area contributed by atoms with Gasteiger partial charge in [-0.2, -0.15) is 0 Å². The number of rotatable bonds is 1. The second kappa shape index (κ2) is 5.25. The normalized spacial score (nSPS) is 14.7. The van der Waals surface area contributed by atoms with E-state index in [-0.39, 0.29) is 31.2 Å². The van der Waals surface area contributed by atoms with Gasteiger partial charge in [-0.15, -0.1) is 0 Å². The lowest BCUT2D eigenvalue weighted by Gasteiger charge is -2.07.